The molecule has 1 aromatic heterocycles. The van der Waals surface area contributed by atoms with E-state index in [0.29, 0.717) is 6.04 Å². The van der Waals surface area contributed by atoms with Crippen LogP contribution < -0.4 is 11.4 Å². The summed E-state index contributed by atoms with van der Waals surface area (Å²) in [6, 6.07) is 6.38. The fourth-order valence-electron chi connectivity index (χ4n) is 2.23. The van der Waals surface area contributed by atoms with Gasteiger partial charge in [0, 0.05) is 11.6 Å². The minimum atomic E-state index is -0.382. The number of nitrogens with one attached hydrogen (secondary N) is 1. The number of benzene rings is 1. The van der Waals surface area contributed by atoms with Crippen molar-refractivity contribution in [2.75, 3.05) is 0 Å². The molecule has 3 rings (SSSR count). The van der Waals surface area contributed by atoms with Crippen molar-refractivity contribution in [2.24, 2.45) is 5.73 Å². The van der Waals surface area contributed by atoms with Crippen molar-refractivity contribution in [1.82, 2.24) is 9.55 Å². The van der Waals surface area contributed by atoms with Crippen LogP contribution in [0.1, 0.15) is 38.3 Å². The predicted molar refractivity (Wildman–Crippen MR) is 68.0 cm³/mol. The van der Waals surface area contributed by atoms with Crippen molar-refractivity contribution in [3.05, 3.63) is 34.2 Å². The van der Waals surface area contributed by atoms with Gasteiger partial charge in [0.15, 0.2) is 0 Å². The molecule has 0 radical (unpaired) electrons. The number of aromatic nitrogens is 2. The molecular formula is C13H17N3O. The number of hydrogen-bond donors (Lipinski definition) is 2. The number of H-pyrrole nitrogens is 1. The summed E-state index contributed by atoms with van der Waals surface area (Å²) in [4.78, 5) is 14.8. The second-order valence-corrected chi connectivity index (χ2v) is 5.48. The maximum Gasteiger partial charge on any atom is 0.326 e. The number of aromatic amines is 1. The highest BCUT2D eigenvalue weighted by atomic mass is 16.1. The predicted octanol–water partition coefficient (Wildman–Crippen LogP) is 1.86. The largest absolute Gasteiger partial charge is 0.326 e. The Hall–Kier alpha value is -1.55. The van der Waals surface area contributed by atoms with Gasteiger partial charge in [-0.3, -0.25) is 4.57 Å². The van der Waals surface area contributed by atoms with Crippen molar-refractivity contribution < 1.29 is 0 Å². The van der Waals surface area contributed by atoms with E-state index in [1.165, 1.54) is 0 Å². The van der Waals surface area contributed by atoms with Crippen LogP contribution in [0, 0.1) is 0 Å². The van der Waals surface area contributed by atoms with Gasteiger partial charge in [0.2, 0.25) is 0 Å². The van der Waals surface area contributed by atoms with E-state index in [4.69, 9.17) is 5.73 Å². The van der Waals surface area contributed by atoms with Gasteiger partial charge in [-0.25, -0.2) is 4.79 Å². The lowest BCUT2D eigenvalue weighted by Gasteiger charge is -2.18. The number of nitrogens with zero attached hydrogens (tertiary/aromatic N) is 1. The quantitative estimate of drug-likeness (QED) is 0.828. The molecule has 1 aromatic carbocycles. The van der Waals surface area contributed by atoms with Gasteiger partial charge >= 0.3 is 5.69 Å². The second-order valence-electron chi connectivity index (χ2n) is 5.48. The molecule has 90 valence electrons. The topological polar surface area (TPSA) is 63.8 Å². The first-order valence-electron chi connectivity index (χ1n) is 6.00. The zero-order valence-corrected chi connectivity index (χ0v) is 10.2. The molecule has 1 saturated carbocycles. The van der Waals surface area contributed by atoms with Crippen LogP contribution in [0.4, 0.5) is 0 Å². The minimum absolute atomic E-state index is 0.00511. The summed E-state index contributed by atoms with van der Waals surface area (Å²) < 4.78 is 1.86. The molecule has 4 heteroatoms. The first kappa shape index (κ1) is 10.6. The molecule has 0 atom stereocenters. The minimum Gasteiger partial charge on any atom is -0.322 e. The summed E-state index contributed by atoms with van der Waals surface area (Å²) in [5.74, 6) is 0. The molecule has 2 aromatic rings. The van der Waals surface area contributed by atoms with Crippen LogP contribution in [-0.4, -0.2) is 9.55 Å². The molecule has 1 heterocycles. The van der Waals surface area contributed by atoms with Gasteiger partial charge in [-0.1, -0.05) is 6.07 Å². The summed E-state index contributed by atoms with van der Waals surface area (Å²) in [6.45, 7) is 3.92. The molecule has 17 heavy (non-hydrogen) atoms. The fraction of sp³-hybridized carbons (Fsp3) is 0.462. The fourth-order valence-corrected chi connectivity index (χ4v) is 2.23. The third-order valence-electron chi connectivity index (χ3n) is 3.37. The summed E-state index contributed by atoms with van der Waals surface area (Å²) >= 11 is 0. The molecule has 1 aliphatic rings. The number of imidazole rings is 1. The highest BCUT2D eigenvalue weighted by Crippen LogP contribution is 2.36. The molecule has 0 amide bonds. The second kappa shape index (κ2) is 3.23. The monoisotopic (exact) mass is 231 g/mol. The third-order valence-corrected chi connectivity index (χ3v) is 3.37. The Morgan fingerprint density at radius 3 is 2.71 bits per heavy atom. The van der Waals surface area contributed by atoms with Crippen LogP contribution in [0.2, 0.25) is 0 Å². The standard InChI is InChI=1S/C13H17N3O/c1-13(2,14)8-3-6-11-10(7-8)15-12(17)16(11)9-4-5-9/h3,6-7,9H,4-5,14H2,1-2H3,(H,15,17). The van der Waals surface area contributed by atoms with E-state index < -0.39 is 0 Å². The van der Waals surface area contributed by atoms with Crippen LogP contribution in [0.15, 0.2) is 23.0 Å². The Kier molecular flexibility index (Phi) is 2.01. The van der Waals surface area contributed by atoms with Crippen LogP contribution in [-0.2, 0) is 5.54 Å². The van der Waals surface area contributed by atoms with Crippen molar-refractivity contribution >= 4 is 11.0 Å². The Morgan fingerprint density at radius 2 is 2.12 bits per heavy atom. The van der Waals surface area contributed by atoms with Crippen LogP contribution in [0.25, 0.3) is 11.0 Å². The molecular weight excluding hydrogens is 214 g/mol. The molecule has 1 aliphatic carbocycles. The van der Waals surface area contributed by atoms with Crippen molar-refractivity contribution in [3.8, 4) is 0 Å². The van der Waals surface area contributed by atoms with Gasteiger partial charge in [0.1, 0.15) is 0 Å². The molecule has 0 unspecified atom stereocenters. The summed E-state index contributed by atoms with van der Waals surface area (Å²) in [5.41, 5.74) is 8.59. The molecule has 0 bridgehead atoms. The van der Waals surface area contributed by atoms with Gasteiger partial charge in [-0.15, -0.1) is 0 Å². The van der Waals surface area contributed by atoms with Crippen LogP contribution >= 0.6 is 0 Å². The lowest BCUT2D eigenvalue weighted by atomic mass is 9.95. The van der Waals surface area contributed by atoms with Crippen molar-refractivity contribution in [1.29, 1.82) is 0 Å². The normalized spacial score (nSPS) is 16.6. The molecule has 3 N–H and O–H groups in total. The first-order valence-corrected chi connectivity index (χ1v) is 6.00. The smallest absolute Gasteiger partial charge is 0.322 e. The maximum atomic E-state index is 11.9. The van der Waals surface area contributed by atoms with Gasteiger partial charge < -0.3 is 10.7 Å². The van der Waals surface area contributed by atoms with Crippen molar-refractivity contribution in [2.45, 2.75) is 38.3 Å². The Labute approximate surface area is 99.4 Å². The van der Waals surface area contributed by atoms with E-state index in [1.54, 1.807) is 0 Å². The molecule has 0 spiro atoms. The van der Waals surface area contributed by atoms with E-state index in [1.807, 2.05) is 36.6 Å². The van der Waals surface area contributed by atoms with Crippen LogP contribution in [0.3, 0.4) is 0 Å². The van der Waals surface area contributed by atoms with Crippen LogP contribution in [0.5, 0.6) is 0 Å². The highest BCUT2D eigenvalue weighted by Gasteiger charge is 2.27. The maximum absolute atomic E-state index is 11.9. The van der Waals surface area contributed by atoms with Gasteiger partial charge in [-0.05, 0) is 44.4 Å². The Morgan fingerprint density at radius 1 is 1.41 bits per heavy atom. The average Bonchev–Trinajstić information content (AvgIpc) is 2.99. The third kappa shape index (κ3) is 1.69. The zero-order valence-electron chi connectivity index (χ0n) is 10.2. The van der Waals surface area contributed by atoms with Gasteiger partial charge in [0.25, 0.3) is 0 Å². The Balaban J connectivity index is 2.22. The number of rotatable bonds is 2. The lowest BCUT2D eigenvalue weighted by Crippen LogP contribution is -2.28. The van der Waals surface area contributed by atoms with E-state index in [0.717, 1.165) is 29.4 Å². The zero-order chi connectivity index (χ0) is 12.2. The van der Waals surface area contributed by atoms with Crippen molar-refractivity contribution in [3.63, 3.8) is 0 Å². The average molecular weight is 231 g/mol. The van der Waals surface area contributed by atoms with E-state index in [2.05, 4.69) is 4.98 Å². The highest BCUT2D eigenvalue weighted by molar-refractivity contribution is 5.76. The van der Waals surface area contributed by atoms with E-state index in [-0.39, 0.29) is 11.2 Å². The van der Waals surface area contributed by atoms with Gasteiger partial charge in [-0.2, -0.15) is 0 Å². The molecule has 4 nitrogen and oxygen atoms in total. The molecule has 0 aliphatic heterocycles. The van der Waals surface area contributed by atoms with E-state index >= 15 is 0 Å². The van der Waals surface area contributed by atoms with Gasteiger partial charge in [0.05, 0.1) is 11.0 Å². The molecule has 1 fully saturated rings. The lowest BCUT2D eigenvalue weighted by molar-refractivity contribution is 0.555. The first-order chi connectivity index (χ1) is 7.97. The molecule has 0 saturated heterocycles. The SMILES string of the molecule is CC(C)(N)c1ccc2c(c1)[nH]c(=O)n2C1CC1. The van der Waals surface area contributed by atoms with E-state index in [9.17, 15) is 4.79 Å². The Bertz CT molecular complexity index is 626. The summed E-state index contributed by atoms with van der Waals surface area (Å²) in [7, 11) is 0. The number of fused-ring (bicyclic) bond motifs is 1. The number of hydrogen-bond acceptors (Lipinski definition) is 2. The summed E-state index contributed by atoms with van der Waals surface area (Å²) in [6.07, 6.45) is 2.22. The summed E-state index contributed by atoms with van der Waals surface area (Å²) in [5, 5.41) is 0. The number of nitrogens with two attached hydrogens (primary N) is 1.